The fourth-order valence-electron chi connectivity index (χ4n) is 8.68. The van der Waals surface area contributed by atoms with Crippen molar-refractivity contribution in [1.29, 1.82) is 0 Å². The highest BCUT2D eigenvalue weighted by atomic mass is 16.4. The predicted octanol–water partition coefficient (Wildman–Crippen LogP) is -5.13. The maximum Gasteiger partial charge on any atom is 0.326 e. The van der Waals surface area contributed by atoms with Gasteiger partial charge in [-0.05, 0) is 103 Å². The molecule has 0 radical (unpaired) electrons. The van der Waals surface area contributed by atoms with Gasteiger partial charge in [0.05, 0.1) is 0 Å². The summed E-state index contributed by atoms with van der Waals surface area (Å²) in [5, 5.41) is 81.1. The Labute approximate surface area is 480 Å². The number of amides is 10. The zero-order valence-corrected chi connectivity index (χ0v) is 46.1. The molecule has 0 aromatic heterocycles. The summed E-state index contributed by atoms with van der Waals surface area (Å²) in [6.45, 7) is 0.335. The fraction of sp³-hybridized carbons (Fsp3) is 0.680. The van der Waals surface area contributed by atoms with E-state index in [9.17, 15) is 107 Å². The molecular weight excluding hydrogens is 1120 g/mol. The topological polar surface area (TPSA) is 567 Å². The van der Waals surface area contributed by atoms with E-state index in [1.807, 2.05) is 0 Å². The van der Waals surface area contributed by atoms with Crippen LogP contribution in [0.5, 0.6) is 0 Å². The van der Waals surface area contributed by atoms with E-state index in [2.05, 4.69) is 53.2 Å². The molecule has 0 aromatic rings. The van der Waals surface area contributed by atoms with Gasteiger partial charge in [0.15, 0.2) is 0 Å². The third-order valence-electron chi connectivity index (χ3n) is 13.4. The van der Waals surface area contributed by atoms with Crippen LogP contribution >= 0.6 is 0 Å². The average Bonchev–Trinajstić information content (AvgIpc) is 4.20. The molecule has 2 fully saturated rings. The van der Waals surface area contributed by atoms with Gasteiger partial charge in [0.2, 0.25) is 59.1 Å². The van der Waals surface area contributed by atoms with Crippen molar-refractivity contribution >= 4 is 94.9 Å². The third-order valence-corrected chi connectivity index (χ3v) is 13.4. The van der Waals surface area contributed by atoms with Crippen molar-refractivity contribution in [2.75, 3.05) is 13.1 Å². The van der Waals surface area contributed by atoms with Gasteiger partial charge in [-0.15, -0.1) is 0 Å². The molecule has 2 rings (SSSR count). The number of aliphatic carboxylic acids is 6. The average molecular weight is 1200 g/mol. The number of nitrogens with one attached hydrogen (secondary N) is 10. The predicted molar refractivity (Wildman–Crippen MR) is 285 cm³/mol. The minimum Gasteiger partial charge on any atom is -0.481 e. The van der Waals surface area contributed by atoms with Gasteiger partial charge in [0.25, 0.3) is 0 Å². The number of carbonyl (C=O) groups excluding carboxylic acids is 10. The SMILES string of the molecule is NCCCC[C@H](NC(=O)[C@H](CCCC[C@@H](NC(=O)[C@H](CCC(=O)O)NC(=O)[C@H](CCC(=O)O)NC(=O)[C@@H]1CCC(=O)N1)C(=O)N[C@@H](CCCCN)C(=O)O)NC(=O)[C@H](CCC(=O)O)NC(=O)[C@H](CCC(=O)O)NC(=O)[C@@H]1CCC(=O)N1)C(=O)O. The van der Waals surface area contributed by atoms with Gasteiger partial charge >= 0.3 is 35.8 Å². The highest BCUT2D eigenvalue weighted by molar-refractivity contribution is 5.99. The number of unbranched alkanes of at least 4 members (excludes halogenated alkanes) is 3. The van der Waals surface area contributed by atoms with E-state index in [4.69, 9.17) is 11.5 Å². The summed E-state index contributed by atoms with van der Waals surface area (Å²) >= 11 is 0. The molecule has 470 valence electrons. The first-order chi connectivity index (χ1) is 39.6. The second-order valence-electron chi connectivity index (χ2n) is 20.1. The minimum atomic E-state index is -1.83. The van der Waals surface area contributed by atoms with Gasteiger partial charge in [0.1, 0.15) is 60.4 Å². The lowest BCUT2D eigenvalue weighted by molar-refractivity contribution is -0.143. The normalized spacial score (nSPS) is 17.3. The van der Waals surface area contributed by atoms with E-state index in [1.54, 1.807) is 0 Å². The largest absolute Gasteiger partial charge is 0.481 e. The molecule has 0 aliphatic carbocycles. The number of rotatable bonds is 43. The molecule has 2 heterocycles. The van der Waals surface area contributed by atoms with Gasteiger partial charge in [-0.1, -0.05) is 12.8 Å². The van der Waals surface area contributed by atoms with Crippen molar-refractivity contribution in [3.63, 3.8) is 0 Å². The zero-order chi connectivity index (χ0) is 63.1. The van der Waals surface area contributed by atoms with E-state index in [0.29, 0.717) is 12.8 Å². The van der Waals surface area contributed by atoms with Crippen molar-refractivity contribution in [3.05, 3.63) is 0 Å². The van der Waals surface area contributed by atoms with Crippen molar-refractivity contribution in [2.24, 2.45) is 11.5 Å². The number of carboxylic acid groups (broad SMARTS) is 6. The molecule has 34 nitrogen and oxygen atoms in total. The number of nitrogens with two attached hydrogens (primary N) is 2. The first-order valence-electron chi connectivity index (χ1n) is 27.4. The quantitative estimate of drug-likeness (QED) is 0.0254. The van der Waals surface area contributed by atoms with Crippen LogP contribution in [0.1, 0.15) is 141 Å². The second-order valence-corrected chi connectivity index (χ2v) is 20.1. The monoisotopic (exact) mass is 1200 g/mol. The van der Waals surface area contributed by atoms with Crippen LogP contribution in [0.25, 0.3) is 0 Å². The maximum atomic E-state index is 14.1. The van der Waals surface area contributed by atoms with Crippen LogP contribution in [0.2, 0.25) is 0 Å². The Morgan fingerprint density at radius 1 is 0.357 bits per heavy atom. The third kappa shape index (κ3) is 27.5. The zero-order valence-electron chi connectivity index (χ0n) is 46.1. The molecule has 10 amide bonds. The van der Waals surface area contributed by atoms with E-state index >= 15 is 0 Å². The highest BCUT2D eigenvalue weighted by Crippen LogP contribution is 2.15. The van der Waals surface area contributed by atoms with Crippen molar-refractivity contribution in [1.82, 2.24) is 53.2 Å². The smallest absolute Gasteiger partial charge is 0.326 e. The Balaban J connectivity index is 2.56. The molecule has 2 saturated heterocycles. The maximum absolute atomic E-state index is 14.1. The molecule has 20 N–H and O–H groups in total. The molecule has 0 unspecified atom stereocenters. The molecule has 0 saturated carbocycles. The van der Waals surface area contributed by atoms with Crippen LogP contribution in [-0.2, 0) is 76.7 Å². The van der Waals surface area contributed by atoms with E-state index < -0.39 is 220 Å². The van der Waals surface area contributed by atoms with Crippen LogP contribution in [0.3, 0.4) is 0 Å². The van der Waals surface area contributed by atoms with E-state index in [0.717, 1.165) is 0 Å². The Hall–Kier alpha value is -8.56. The number of hydrogen-bond acceptors (Lipinski definition) is 18. The van der Waals surface area contributed by atoms with Crippen molar-refractivity contribution in [3.8, 4) is 0 Å². The van der Waals surface area contributed by atoms with Crippen molar-refractivity contribution < 1.29 is 107 Å². The molecule has 2 aliphatic heterocycles. The van der Waals surface area contributed by atoms with E-state index in [1.165, 1.54) is 0 Å². The standard InChI is InChI=1S/C50H78N12O22/c51-23-5-3-9-33(49(81)82)61-41(73)25(55-45(77)29(13-19-37(65)66)59-47(79)31(15-21-39(69)70)57-43(75)27-11-17-35(63)53-27)7-1-2-8-26(42(74)62-34(50(83)84)10-4-6-24-52)56-46(78)30(14-20-38(67)68)60-48(80)32(16-22-40(71)72)58-44(76)28-12-18-36(64)54-28/h25-34H,1-24,51-52H2,(H,53,63)(H,54,64)(H,55,77)(H,56,78)(H,57,75)(H,58,76)(H,59,79)(H,60,80)(H,61,73)(H,62,74)(H,65,66)(H,67,68)(H,69,70)(H,71,72)(H,81,82)(H,83,84)/t25-,26+,27-,28-,29-,30-,31-,32-,33-,34-/m0/s1. The van der Waals surface area contributed by atoms with Gasteiger partial charge in [-0.2, -0.15) is 0 Å². The molecule has 0 bridgehead atoms. The summed E-state index contributed by atoms with van der Waals surface area (Å²) in [5.74, 6) is -18.4. The first kappa shape index (κ1) is 71.5. The van der Waals surface area contributed by atoms with Crippen LogP contribution < -0.4 is 64.6 Å². The van der Waals surface area contributed by atoms with Gasteiger partial charge < -0.3 is 95.3 Å². The van der Waals surface area contributed by atoms with Crippen LogP contribution in [0.4, 0.5) is 0 Å². The molecule has 2 aliphatic rings. The summed E-state index contributed by atoms with van der Waals surface area (Å²) < 4.78 is 0. The van der Waals surface area contributed by atoms with Crippen LogP contribution in [0, 0.1) is 0 Å². The van der Waals surface area contributed by atoms with Crippen LogP contribution in [0.15, 0.2) is 0 Å². The Kier molecular flexibility index (Phi) is 32.0. The van der Waals surface area contributed by atoms with E-state index in [-0.39, 0.29) is 77.3 Å². The lowest BCUT2D eigenvalue weighted by Crippen LogP contribution is -2.58. The van der Waals surface area contributed by atoms with Gasteiger partial charge in [-0.25, -0.2) is 9.59 Å². The lowest BCUT2D eigenvalue weighted by atomic mass is 10.0. The molecule has 84 heavy (non-hydrogen) atoms. The van der Waals surface area contributed by atoms with Crippen molar-refractivity contribution in [2.45, 2.75) is 202 Å². The van der Waals surface area contributed by atoms with Crippen LogP contribution in [-0.4, -0.2) is 199 Å². The minimum absolute atomic E-state index is 0.0274. The Morgan fingerprint density at radius 2 is 0.583 bits per heavy atom. The number of hydrogen-bond donors (Lipinski definition) is 18. The first-order valence-corrected chi connectivity index (χ1v) is 27.4. The second kappa shape index (κ2) is 37.5. The molecule has 10 atom stereocenters. The fourth-order valence-corrected chi connectivity index (χ4v) is 8.68. The Bertz CT molecular complexity index is 2230. The highest BCUT2D eigenvalue weighted by Gasteiger charge is 2.37. The molecule has 34 heteroatoms. The number of carbonyl (C=O) groups is 16. The molecule has 0 aromatic carbocycles. The summed E-state index contributed by atoms with van der Waals surface area (Å²) in [6, 6.07) is -15.8. The Morgan fingerprint density at radius 3 is 0.810 bits per heavy atom. The van der Waals surface area contributed by atoms with Gasteiger partial charge in [0, 0.05) is 38.5 Å². The summed E-state index contributed by atoms with van der Waals surface area (Å²) in [7, 11) is 0. The lowest BCUT2D eigenvalue weighted by Gasteiger charge is -2.27. The summed E-state index contributed by atoms with van der Waals surface area (Å²) in [6.07, 6.45) is -5.85. The van der Waals surface area contributed by atoms with Gasteiger partial charge in [-0.3, -0.25) is 67.1 Å². The summed E-state index contributed by atoms with van der Waals surface area (Å²) in [4.78, 5) is 204. The number of carboxylic acids is 6. The molecular formula is C50H78N12O22. The molecule has 0 spiro atoms. The summed E-state index contributed by atoms with van der Waals surface area (Å²) in [5.41, 5.74) is 11.1.